The lowest BCUT2D eigenvalue weighted by molar-refractivity contribution is -0.153. The van der Waals surface area contributed by atoms with E-state index in [1.165, 1.54) is 44.9 Å². The highest BCUT2D eigenvalue weighted by Crippen LogP contribution is 2.20. The van der Waals surface area contributed by atoms with Gasteiger partial charge in [0.05, 0.1) is 31.3 Å². The molecule has 0 saturated carbocycles. The number of aliphatic hydroxyl groups excluding tert-OH is 1. The fourth-order valence-corrected chi connectivity index (χ4v) is 4.69. The van der Waals surface area contributed by atoms with Crippen LogP contribution in [0.4, 0.5) is 0 Å². The number of unbranched alkanes of at least 4 members (excludes halogenated alkanes) is 8. The van der Waals surface area contributed by atoms with Crippen LogP contribution >= 0.6 is 0 Å². The first kappa shape index (κ1) is 42.0. The number of hydrogen-bond donors (Lipinski definition) is 2. The quantitative estimate of drug-likeness (QED) is 0.0622. The molecule has 8 heteroatoms. The van der Waals surface area contributed by atoms with Crippen molar-refractivity contribution in [3.63, 3.8) is 0 Å². The summed E-state index contributed by atoms with van der Waals surface area (Å²) in [6.07, 6.45) is 21.0. The normalized spacial score (nSPS) is 14.5. The van der Waals surface area contributed by atoms with Crippen molar-refractivity contribution >= 4 is 23.9 Å². The monoisotopic (exact) mass is 664 g/mol. The summed E-state index contributed by atoms with van der Waals surface area (Å²) >= 11 is 0. The van der Waals surface area contributed by atoms with E-state index in [1.807, 2.05) is 78.9 Å². The number of carboxylic acid groups (broad SMARTS) is 1. The van der Waals surface area contributed by atoms with Gasteiger partial charge in [-0.15, -0.1) is 0 Å². The molecule has 0 aromatic heterocycles. The van der Waals surface area contributed by atoms with Gasteiger partial charge < -0.3 is 19.7 Å². The van der Waals surface area contributed by atoms with Crippen LogP contribution in [-0.4, -0.2) is 34.1 Å². The fourth-order valence-electron chi connectivity index (χ4n) is 4.69. The van der Waals surface area contributed by atoms with Gasteiger partial charge in [0.15, 0.2) is 0 Å². The number of carbonyl (C=O) groups is 4. The van der Waals surface area contributed by atoms with E-state index in [2.05, 4.69) is 24.7 Å². The molecule has 48 heavy (non-hydrogen) atoms. The molecule has 2 atom stereocenters. The standard InChI is InChI=1S/C20H28O4.C13H20O3.C7H8O/c1-2-3-4-5-6-7-11-14-18(20(22)23)15-19(21)24-16-17-12-9-8-10-13-17;1-2-3-4-5-6-7-8-9-11-10-12(14)16-13(11)15;8-6-7-4-2-1-3-5-7/h7-13,18H,2-6,14-16H2,1H3,(H,22,23);7-8,11H,2-6,9-10H2,1H3;1-5,8H,6H2/b11-7+;8-7+;. The van der Waals surface area contributed by atoms with Crippen molar-refractivity contribution < 1.29 is 38.9 Å². The average molecular weight is 665 g/mol. The van der Waals surface area contributed by atoms with Crippen LogP contribution in [0.25, 0.3) is 0 Å². The van der Waals surface area contributed by atoms with Crippen LogP contribution in [0.3, 0.4) is 0 Å². The molecule has 1 aliphatic rings. The number of allylic oxidation sites excluding steroid dienone is 4. The molecule has 0 bridgehead atoms. The Kier molecular flexibility index (Phi) is 24.5. The van der Waals surface area contributed by atoms with Crippen molar-refractivity contribution in [2.75, 3.05) is 0 Å². The summed E-state index contributed by atoms with van der Waals surface area (Å²) in [7, 11) is 0. The van der Waals surface area contributed by atoms with Gasteiger partial charge in [0.25, 0.3) is 0 Å². The first-order valence-corrected chi connectivity index (χ1v) is 17.4. The van der Waals surface area contributed by atoms with E-state index in [0.717, 1.165) is 30.4 Å². The molecule has 1 saturated heterocycles. The van der Waals surface area contributed by atoms with Gasteiger partial charge in [-0.25, -0.2) is 0 Å². The third-order valence-corrected chi connectivity index (χ3v) is 7.61. The van der Waals surface area contributed by atoms with Gasteiger partial charge in [-0.3, -0.25) is 19.2 Å². The van der Waals surface area contributed by atoms with Crippen molar-refractivity contribution in [3.8, 4) is 0 Å². The number of rotatable bonds is 20. The second-order valence-corrected chi connectivity index (χ2v) is 11.8. The predicted octanol–water partition coefficient (Wildman–Crippen LogP) is 8.91. The molecule has 1 aliphatic heterocycles. The molecule has 8 nitrogen and oxygen atoms in total. The van der Waals surface area contributed by atoms with E-state index < -0.39 is 17.9 Å². The molecule has 0 aliphatic carbocycles. The molecule has 0 amide bonds. The topological polar surface area (TPSA) is 127 Å². The number of carbonyl (C=O) groups excluding carboxylic acids is 3. The first-order chi connectivity index (χ1) is 23.3. The maximum atomic E-state index is 11.8. The van der Waals surface area contributed by atoms with E-state index in [-0.39, 0.29) is 43.9 Å². The van der Waals surface area contributed by atoms with E-state index >= 15 is 0 Å². The van der Waals surface area contributed by atoms with Crippen molar-refractivity contribution in [2.24, 2.45) is 11.8 Å². The summed E-state index contributed by atoms with van der Waals surface area (Å²) < 4.78 is 9.63. The Morgan fingerprint density at radius 1 is 0.812 bits per heavy atom. The molecule has 3 rings (SSSR count). The molecule has 0 spiro atoms. The summed E-state index contributed by atoms with van der Waals surface area (Å²) in [6, 6.07) is 18.9. The van der Waals surface area contributed by atoms with E-state index in [4.69, 9.17) is 9.84 Å². The van der Waals surface area contributed by atoms with Gasteiger partial charge in [0.1, 0.15) is 6.61 Å². The molecule has 1 heterocycles. The minimum atomic E-state index is -0.956. The smallest absolute Gasteiger partial charge is 0.317 e. The number of hydrogen-bond acceptors (Lipinski definition) is 7. The average Bonchev–Trinajstić information content (AvgIpc) is 3.43. The Morgan fingerprint density at radius 3 is 1.85 bits per heavy atom. The number of aliphatic hydroxyl groups is 1. The summed E-state index contributed by atoms with van der Waals surface area (Å²) in [5, 5.41) is 17.8. The summed E-state index contributed by atoms with van der Waals surface area (Å²) in [5.41, 5.74) is 1.86. The maximum absolute atomic E-state index is 11.8. The lowest BCUT2D eigenvalue weighted by Crippen LogP contribution is -2.19. The van der Waals surface area contributed by atoms with Gasteiger partial charge in [0.2, 0.25) is 0 Å². The molecule has 2 aromatic carbocycles. The second kappa shape index (κ2) is 28.0. The Balaban J connectivity index is 0.000000408. The molecule has 2 N–H and O–H groups in total. The second-order valence-electron chi connectivity index (χ2n) is 11.8. The molecule has 0 radical (unpaired) electrons. The minimum Gasteiger partial charge on any atom is -0.481 e. The Morgan fingerprint density at radius 2 is 1.38 bits per heavy atom. The van der Waals surface area contributed by atoms with Crippen LogP contribution in [0.1, 0.15) is 115 Å². The van der Waals surface area contributed by atoms with Crippen LogP contribution in [-0.2, 0) is 41.9 Å². The van der Waals surface area contributed by atoms with Gasteiger partial charge in [-0.05, 0) is 49.7 Å². The summed E-state index contributed by atoms with van der Waals surface area (Å²) in [6.45, 7) is 4.68. The minimum absolute atomic E-state index is 0.0949. The Bertz CT molecular complexity index is 1210. The number of benzene rings is 2. The molecular formula is C40H56O8. The SMILES string of the molecule is CCCCCC/C=C/CC(CC(=O)OCc1ccccc1)C(=O)O.CCCCCC/C=C/CC1CC(=O)OC1=O.OCc1ccccc1. The fraction of sp³-hybridized carbons (Fsp3) is 0.500. The maximum Gasteiger partial charge on any atom is 0.317 e. The van der Waals surface area contributed by atoms with Crippen LogP contribution in [0, 0.1) is 11.8 Å². The third-order valence-electron chi connectivity index (χ3n) is 7.61. The Labute approximate surface area is 287 Å². The van der Waals surface area contributed by atoms with Gasteiger partial charge in [0, 0.05) is 0 Å². The lowest BCUT2D eigenvalue weighted by atomic mass is 10.0. The summed E-state index contributed by atoms with van der Waals surface area (Å²) in [5.74, 6) is -3.13. The van der Waals surface area contributed by atoms with E-state index in [1.54, 1.807) is 0 Å². The molecule has 1 fully saturated rings. The van der Waals surface area contributed by atoms with Crippen molar-refractivity contribution in [1.29, 1.82) is 0 Å². The van der Waals surface area contributed by atoms with Crippen LogP contribution in [0.15, 0.2) is 85.0 Å². The molecule has 2 unspecified atom stereocenters. The van der Waals surface area contributed by atoms with Crippen LogP contribution in [0.2, 0.25) is 0 Å². The zero-order chi connectivity index (χ0) is 35.2. The number of carboxylic acids is 1. The molecule has 264 valence electrons. The number of aliphatic carboxylic acids is 1. The van der Waals surface area contributed by atoms with Gasteiger partial charge >= 0.3 is 23.9 Å². The number of esters is 3. The van der Waals surface area contributed by atoms with Crippen molar-refractivity contribution in [3.05, 3.63) is 96.1 Å². The van der Waals surface area contributed by atoms with Crippen molar-refractivity contribution in [2.45, 2.75) is 117 Å². The third kappa shape index (κ3) is 21.7. The first-order valence-electron chi connectivity index (χ1n) is 17.4. The highest BCUT2D eigenvalue weighted by molar-refractivity contribution is 5.94. The molecular weight excluding hydrogens is 608 g/mol. The highest BCUT2D eigenvalue weighted by Gasteiger charge is 2.32. The van der Waals surface area contributed by atoms with Crippen LogP contribution in [0.5, 0.6) is 0 Å². The summed E-state index contributed by atoms with van der Waals surface area (Å²) in [4.78, 5) is 45.0. The van der Waals surface area contributed by atoms with E-state index in [9.17, 15) is 24.3 Å². The van der Waals surface area contributed by atoms with Gasteiger partial charge in [-0.1, -0.05) is 137 Å². The zero-order valence-corrected chi connectivity index (χ0v) is 28.9. The predicted molar refractivity (Wildman–Crippen MR) is 189 cm³/mol. The molecule has 2 aromatic rings. The highest BCUT2D eigenvalue weighted by atomic mass is 16.6. The zero-order valence-electron chi connectivity index (χ0n) is 28.9. The lowest BCUT2D eigenvalue weighted by Gasteiger charge is -2.10. The van der Waals surface area contributed by atoms with Crippen LogP contribution < -0.4 is 0 Å². The number of cyclic esters (lactones) is 2. The Hall–Kier alpha value is -4.04. The van der Waals surface area contributed by atoms with Gasteiger partial charge in [-0.2, -0.15) is 0 Å². The van der Waals surface area contributed by atoms with Crippen molar-refractivity contribution in [1.82, 2.24) is 0 Å². The number of ether oxygens (including phenoxy) is 2. The van der Waals surface area contributed by atoms with E-state index in [0.29, 0.717) is 12.8 Å². The largest absolute Gasteiger partial charge is 0.481 e.